The fraction of sp³-hybridized carbons (Fsp3) is 0.286. The van der Waals surface area contributed by atoms with Crippen molar-refractivity contribution >= 4 is 29.0 Å². The quantitative estimate of drug-likeness (QED) is 0.333. The smallest absolute Gasteiger partial charge is 0.271 e. The van der Waals surface area contributed by atoms with Gasteiger partial charge in [-0.3, -0.25) is 9.59 Å². The molecule has 2 aromatic carbocycles. The molecule has 0 bridgehead atoms. The van der Waals surface area contributed by atoms with Crippen molar-refractivity contribution in [1.29, 1.82) is 0 Å². The Bertz CT molecular complexity index is 1270. The monoisotopic (exact) mass is 500 g/mol. The summed E-state index contributed by atoms with van der Waals surface area (Å²) in [5.74, 6) is -0.116. The molecular formula is C28H32N6O3. The molecule has 0 atom stereocenters. The summed E-state index contributed by atoms with van der Waals surface area (Å²) in [5, 5.41) is 5.86. The molecule has 1 aromatic heterocycles. The number of aryl methyl sites for hydroxylation is 1. The highest BCUT2D eigenvalue weighted by Crippen LogP contribution is 2.29. The number of hydrogen-bond acceptors (Lipinski definition) is 7. The molecule has 9 heteroatoms. The van der Waals surface area contributed by atoms with Gasteiger partial charge in [0.15, 0.2) is 11.5 Å². The van der Waals surface area contributed by atoms with Gasteiger partial charge in [-0.2, -0.15) is 4.98 Å². The number of nitrogens with two attached hydrogens (primary N) is 1. The van der Waals surface area contributed by atoms with Crippen molar-refractivity contribution in [2.45, 2.75) is 32.6 Å². The van der Waals surface area contributed by atoms with Crippen LogP contribution in [0.4, 0.5) is 17.2 Å². The second-order valence-corrected chi connectivity index (χ2v) is 8.83. The highest BCUT2D eigenvalue weighted by atomic mass is 16.5. The molecular weight excluding hydrogens is 468 g/mol. The number of aromatic nitrogens is 2. The summed E-state index contributed by atoms with van der Waals surface area (Å²) in [6.07, 6.45) is 5.22. The molecule has 2 amide bonds. The van der Waals surface area contributed by atoms with Crippen LogP contribution in [0.2, 0.25) is 0 Å². The Morgan fingerprint density at radius 3 is 2.54 bits per heavy atom. The van der Waals surface area contributed by atoms with E-state index in [1.165, 1.54) is 37.6 Å². The molecule has 4 rings (SSSR count). The van der Waals surface area contributed by atoms with Crippen LogP contribution in [0.5, 0.6) is 11.6 Å². The molecule has 1 aliphatic rings. The Labute approximate surface area is 216 Å². The van der Waals surface area contributed by atoms with Crippen LogP contribution in [0.3, 0.4) is 0 Å². The number of carbonyl (C=O) groups is 2. The minimum absolute atomic E-state index is 0.0364. The summed E-state index contributed by atoms with van der Waals surface area (Å²) in [5.41, 5.74) is 8.69. The number of nitrogens with zero attached hydrogens (tertiary/aromatic N) is 3. The third-order valence-electron chi connectivity index (χ3n) is 6.13. The molecule has 4 N–H and O–H groups in total. The van der Waals surface area contributed by atoms with Crippen LogP contribution in [-0.2, 0) is 17.6 Å². The molecule has 0 aliphatic carbocycles. The van der Waals surface area contributed by atoms with E-state index in [9.17, 15) is 9.59 Å². The summed E-state index contributed by atoms with van der Waals surface area (Å²) >= 11 is 0. The number of primary amides is 1. The summed E-state index contributed by atoms with van der Waals surface area (Å²) in [6.45, 7) is 8.76. The SMILES string of the molecule is C=CC(=O)Nc1cccc(Oc2nc(Nc3ccc(CCN4CCCC4)cc3)c(C(N)=O)nc2CC)c1. The molecule has 9 nitrogen and oxygen atoms in total. The van der Waals surface area contributed by atoms with Crippen molar-refractivity contribution in [3.8, 4) is 11.6 Å². The third-order valence-corrected chi connectivity index (χ3v) is 6.13. The number of ether oxygens (including phenoxy) is 1. The lowest BCUT2D eigenvalue weighted by Crippen LogP contribution is -2.21. The standard InChI is InChI=1S/C28H32N6O3/c1-3-23-28(37-22-9-7-8-21(18-22)30-24(35)4-2)33-27(25(32-23)26(29)36)31-20-12-10-19(11-13-20)14-17-34-15-5-6-16-34/h4,7-13,18H,2-3,5-6,14-17H2,1H3,(H2,29,36)(H,30,35)(H,31,33). The summed E-state index contributed by atoms with van der Waals surface area (Å²) < 4.78 is 6.02. The van der Waals surface area contributed by atoms with Crippen molar-refractivity contribution in [2.75, 3.05) is 30.3 Å². The number of carbonyl (C=O) groups excluding carboxylic acids is 2. The van der Waals surface area contributed by atoms with Crippen LogP contribution in [0.15, 0.2) is 61.2 Å². The molecule has 1 fully saturated rings. The van der Waals surface area contributed by atoms with E-state index in [1.54, 1.807) is 24.3 Å². The van der Waals surface area contributed by atoms with Gasteiger partial charge >= 0.3 is 0 Å². The Morgan fingerprint density at radius 2 is 1.86 bits per heavy atom. The first kappa shape index (κ1) is 25.8. The van der Waals surface area contributed by atoms with Gasteiger partial charge in [-0.05, 0) is 74.7 Å². The van der Waals surface area contributed by atoms with Crippen LogP contribution in [0, 0.1) is 0 Å². The Hall–Kier alpha value is -4.24. The lowest BCUT2D eigenvalue weighted by molar-refractivity contribution is -0.111. The van der Waals surface area contributed by atoms with Crippen molar-refractivity contribution in [2.24, 2.45) is 5.73 Å². The van der Waals surface area contributed by atoms with Gasteiger partial charge in [0.1, 0.15) is 11.4 Å². The number of hydrogen-bond donors (Lipinski definition) is 3. The summed E-state index contributed by atoms with van der Waals surface area (Å²) in [6, 6.07) is 14.9. The maximum atomic E-state index is 12.2. The van der Waals surface area contributed by atoms with E-state index in [-0.39, 0.29) is 23.3 Å². The number of nitrogens with one attached hydrogen (secondary N) is 2. The Morgan fingerprint density at radius 1 is 1.11 bits per heavy atom. The zero-order valence-corrected chi connectivity index (χ0v) is 21.0. The Balaban J connectivity index is 1.54. The molecule has 0 unspecified atom stereocenters. The van der Waals surface area contributed by atoms with Gasteiger partial charge in [0.25, 0.3) is 5.91 Å². The average Bonchev–Trinajstić information content (AvgIpc) is 3.42. The topological polar surface area (TPSA) is 122 Å². The van der Waals surface area contributed by atoms with Gasteiger partial charge in [-0.1, -0.05) is 31.7 Å². The predicted octanol–water partition coefficient (Wildman–Crippen LogP) is 4.44. The number of amides is 2. The summed E-state index contributed by atoms with van der Waals surface area (Å²) in [7, 11) is 0. The molecule has 1 aliphatic heterocycles. The largest absolute Gasteiger partial charge is 0.437 e. The molecule has 0 saturated carbocycles. The zero-order chi connectivity index (χ0) is 26.2. The highest BCUT2D eigenvalue weighted by molar-refractivity contribution is 5.99. The van der Waals surface area contributed by atoms with E-state index in [0.717, 1.165) is 18.7 Å². The van der Waals surface area contributed by atoms with Gasteiger partial charge in [0.05, 0.1) is 0 Å². The van der Waals surface area contributed by atoms with E-state index in [2.05, 4.69) is 44.2 Å². The van der Waals surface area contributed by atoms with E-state index >= 15 is 0 Å². The maximum absolute atomic E-state index is 12.2. The molecule has 192 valence electrons. The summed E-state index contributed by atoms with van der Waals surface area (Å²) in [4.78, 5) is 35.3. The molecule has 2 heterocycles. The molecule has 0 spiro atoms. The first-order valence-electron chi connectivity index (χ1n) is 12.5. The normalized spacial score (nSPS) is 13.2. The van der Waals surface area contributed by atoms with E-state index in [1.807, 2.05) is 19.1 Å². The molecule has 3 aromatic rings. The lowest BCUT2D eigenvalue weighted by atomic mass is 10.1. The number of rotatable bonds is 11. The van der Waals surface area contributed by atoms with Gasteiger partial charge in [0.2, 0.25) is 11.8 Å². The van der Waals surface area contributed by atoms with E-state index < -0.39 is 5.91 Å². The maximum Gasteiger partial charge on any atom is 0.271 e. The molecule has 0 radical (unpaired) electrons. The van der Waals surface area contributed by atoms with Gasteiger partial charge in [0, 0.05) is 24.0 Å². The third kappa shape index (κ3) is 6.92. The molecule has 1 saturated heterocycles. The van der Waals surface area contributed by atoms with Crippen LogP contribution in [-0.4, -0.2) is 46.3 Å². The molecule has 37 heavy (non-hydrogen) atoms. The van der Waals surface area contributed by atoms with E-state index in [4.69, 9.17) is 10.5 Å². The average molecular weight is 501 g/mol. The van der Waals surface area contributed by atoms with Gasteiger partial charge < -0.3 is 26.0 Å². The van der Waals surface area contributed by atoms with Crippen LogP contribution < -0.4 is 21.1 Å². The van der Waals surface area contributed by atoms with Crippen molar-refractivity contribution in [1.82, 2.24) is 14.9 Å². The van der Waals surface area contributed by atoms with Crippen molar-refractivity contribution in [3.63, 3.8) is 0 Å². The highest BCUT2D eigenvalue weighted by Gasteiger charge is 2.19. The number of anilines is 3. The first-order chi connectivity index (χ1) is 17.9. The fourth-order valence-electron chi connectivity index (χ4n) is 4.15. The number of likely N-dealkylation sites (tertiary alicyclic amines) is 1. The van der Waals surface area contributed by atoms with Crippen molar-refractivity contribution in [3.05, 3.63) is 78.1 Å². The van der Waals surface area contributed by atoms with Gasteiger partial charge in [-0.25, -0.2) is 4.98 Å². The second-order valence-electron chi connectivity index (χ2n) is 8.83. The zero-order valence-electron chi connectivity index (χ0n) is 21.0. The van der Waals surface area contributed by atoms with Crippen LogP contribution >= 0.6 is 0 Å². The minimum Gasteiger partial charge on any atom is -0.437 e. The van der Waals surface area contributed by atoms with Crippen LogP contribution in [0.25, 0.3) is 0 Å². The van der Waals surface area contributed by atoms with E-state index in [0.29, 0.717) is 23.6 Å². The lowest BCUT2D eigenvalue weighted by Gasteiger charge is -2.16. The Kier molecular flexibility index (Phi) is 8.48. The van der Waals surface area contributed by atoms with Gasteiger partial charge in [-0.15, -0.1) is 0 Å². The fourth-order valence-corrected chi connectivity index (χ4v) is 4.15. The predicted molar refractivity (Wildman–Crippen MR) is 144 cm³/mol. The first-order valence-corrected chi connectivity index (χ1v) is 12.5. The van der Waals surface area contributed by atoms with Crippen molar-refractivity contribution < 1.29 is 14.3 Å². The van der Waals surface area contributed by atoms with Crippen LogP contribution in [0.1, 0.15) is 41.5 Å². The second kappa shape index (κ2) is 12.1. The minimum atomic E-state index is -0.687. The number of benzene rings is 2.